The molecule has 106 valence electrons. The molecule has 0 radical (unpaired) electrons. The Balaban J connectivity index is 1.99. The molecule has 0 aliphatic rings. The Hall–Kier alpha value is -2.11. The second kappa shape index (κ2) is 5.71. The predicted octanol–water partition coefficient (Wildman–Crippen LogP) is 3.53. The molecule has 6 heteroatoms. The molecule has 0 amide bonds. The van der Waals surface area contributed by atoms with Crippen LogP contribution in [0.3, 0.4) is 0 Å². The second-order valence-electron chi connectivity index (χ2n) is 4.46. The number of hydrogen-bond donors (Lipinski definition) is 1. The van der Waals surface area contributed by atoms with Crippen molar-refractivity contribution < 1.29 is 5.11 Å². The molecule has 3 rings (SSSR count). The number of halogens is 1. The third kappa shape index (κ3) is 2.84. The highest BCUT2D eigenvalue weighted by Gasteiger charge is 2.01. The fraction of sp³-hybridized carbons (Fsp3) is 0.0667. The summed E-state index contributed by atoms with van der Waals surface area (Å²) in [6, 6.07) is 12.9. The van der Waals surface area contributed by atoms with Gasteiger partial charge in [-0.1, -0.05) is 35.1 Å². The summed E-state index contributed by atoms with van der Waals surface area (Å²) in [5.41, 5.74) is 1.65. The number of benzene rings is 2. The minimum absolute atomic E-state index is 0.124. The number of phenols is 1. The van der Waals surface area contributed by atoms with Crippen LogP contribution in [0.4, 0.5) is 0 Å². The van der Waals surface area contributed by atoms with E-state index < -0.39 is 0 Å². The maximum Gasteiger partial charge on any atom is 0.211 e. The lowest BCUT2D eigenvalue weighted by Gasteiger charge is -1.97. The Morgan fingerprint density at radius 2 is 2.05 bits per heavy atom. The molecular formula is C15H12ClN3OS. The number of nitrogens with zero attached hydrogens (tertiary/aromatic N) is 3. The van der Waals surface area contributed by atoms with Crippen LogP contribution < -0.4 is 4.80 Å². The first-order valence-corrected chi connectivity index (χ1v) is 7.45. The largest absolute Gasteiger partial charge is 0.507 e. The van der Waals surface area contributed by atoms with Crippen molar-refractivity contribution in [3.8, 4) is 5.75 Å². The first-order chi connectivity index (χ1) is 10.1. The first kappa shape index (κ1) is 13.9. The van der Waals surface area contributed by atoms with E-state index in [2.05, 4.69) is 10.2 Å². The van der Waals surface area contributed by atoms with Crippen LogP contribution in [0, 0.1) is 0 Å². The number of aromatic hydroxyl groups is 1. The Morgan fingerprint density at radius 1 is 1.24 bits per heavy atom. The number of thiazole rings is 1. The predicted molar refractivity (Wildman–Crippen MR) is 87.1 cm³/mol. The SMILES string of the molecule is Cn1/c(=N/N=C/c2cc(Cl)ccc2O)sc2ccccc21. The van der Waals surface area contributed by atoms with Crippen LogP contribution in [-0.4, -0.2) is 15.9 Å². The third-order valence-corrected chi connectivity index (χ3v) is 4.38. The van der Waals surface area contributed by atoms with Gasteiger partial charge in [-0.2, -0.15) is 5.10 Å². The first-order valence-electron chi connectivity index (χ1n) is 6.25. The molecule has 21 heavy (non-hydrogen) atoms. The normalized spacial score (nSPS) is 12.6. The highest BCUT2D eigenvalue weighted by molar-refractivity contribution is 7.16. The van der Waals surface area contributed by atoms with Crippen molar-refractivity contribution in [3.63, 3.8) is 0 Å². The third-order valence-electron chi connectivity index (χ3n) is 3.04. The van der Waals surface area contributed by atoms with Crippen molar-refractivity contribution >= 4 is 39.4 Å². The van der Waals surface area contributed by atoms with Gasteiger partial charge in [-0.05, 0) is 30.3 Å². The smallest absolute Gasteiger partial charge is 0.211 e. The Labute approximate surface area is 130 Å². The summed E-state index contributed by atoms with van der Waals surface area (Å²) in [5, 5.41) is 18.5. The van der Waals surface area contributed by atoms with Crippen molar-refractivity contribution in [2.24, 2.45) is 17.3 Å². The van der Waals surface area contributed by atoms with Crippen LogP contribution in [-0.2, 0) is 7.05 Å². The Morgan fingerprint density at radius 3 is 2.86 bits per heavy atom. The van der Waals surface area contributed by atoms with Crippen LogP contribution in [0.5, 0.6) is 5.75 Å². The second-order valence-corrected chi connectivity index (χ2v) is 5.90. The average Bonchev–Trinajstić information content (AvgIpc) is 2.80. The van der Waals surface area contributed by atoms with Gasteiger partial charge in [0.15, 0.2) is 0 Å². The maximum atomic E-state index is 9.71. The van der Waals surface area contributed by atoms with Gasteiger partial charge in [0.25, 0.3) is 0 Å². The van der Waals surface area contributed by atoms with E-state index in [1.54, 1.807) is 23.5 Å². The van der Waals surface area contributed by atoms with Crippen molar-refractivity contribution in [2.75, 3.05) is 0 Å². The van der Waals surface area contributed by atoms with Crippen LogP contribution in [0.2, 0.25) is 5.02 Å². The van der Waals surface area contributed by atoms with Crippen LogP contribution in [0.25, 0.3) is 10.2 Å². The molecule has 0 saturated heterocycles. The summed E-state index contributed by atoms with van der Waals surface area (Å²) >= 11 is 7.45. The van der Waals surface area contributed by atoms with Gasteiger partial charge in [0.05, 0.1) is 16.4 Å². The lowest BCUT2D eigenvalue weighted by Crippen LogP contribution is -2.08. The summed E-state index contributed by atoms with van der Waals surface area (Å²) in [6.07, 6.45) is 1.49. The van der Waals surface area contributed by atoms with E-state index in [1.165, 1.54) is 12.3 Å². The fourth-order valence-electron chi connectivity index (χ4n) is 1.95. The minimum atomic E-state index is 0.124. The Kier molecular flexibility index (Phi) is 3.77. The molecule has 2 aromatic carbocycles. The molecule has 0 unspecified atom stereocenters. The van der Waals surface area contributed by atoms with Gasteiger partial charge >= 0.3 is 0 Å². The van der Waals surface area contributed by atoms with E-state index in [9.17, 15) is 5.11 Å². The minimum Gasteiger partial charge on any atom is -0.507 e. The summed E-state index contributed by atoms with van der Waals surface area (Å²) in [4.78, 5) is 0.786. The molecule has 0 aliphatic heterocycles. The molecule has 0 bridgehead atoms. The zero-order valence-corrected chi connectivity index (χ0v) is 12.8. The van der Waals surface area contributed by atoms with E-state index in [0.29, 0.717) is 10.6 Å². The number of hydrogen-bond acceptors (Lipinski definition) is 4. The van der Waals surface area contributed by atoms with Crippen LogP contribution in [0.15, 0.2) is 52.7 Å². The highest BCUT2D eigenvalue weighted by atomic mass is 35.5. The van der Waals surface area contributed by atoms with Crippen molar-refractivity contribution in [3.05, 3.63) is 57.9 Å². The molecule has 4 nitrogen and oxygen atoms in total. The molecule has 1 N–H and O–H groups in total. The van der Waals surface area contributed by atoms with E-state index in [1.807, 2.05) is 35.9 Å². The standard InChI is InChI=1S/C15H12ClN3OS/c1-19-12-4-2-3-5-14(12)21-15(19)18-17-9-10-8-11(16)6-7-13(10)20/h2-9,20H,1H3/b17-9+,18-15-. The number of para-hydroxylation sites is 1. The zero-order valence-electron chi connectivity index (χ0n) is 11.2. The molecule has 1 heterocycles. The van der Waals surface area contributed by atoms with Gasteiger partial charge < -0.3 is 9.67 Å². The molecule has 0 aliphatic carbocycles. The van der Waals surface area contributed by atoms with Crippen molar-refractivity contribution in [1.82, 2.24) is 4.57 Å². The van der Waals surface area contributed by atoms with E-state index in [4.69, 9.17) is 11.6 Å². The molecule has 0 saturated carbocycles. The van der Waals surface area contributed by atoms with Gasteiger partial charge in [-0.3, -0.25) is 0 Å². The van der Waals surface area contributed by atoms with E-state index in [-0.39, 0.29) is 5.75 Å². The molecule has 0 fully saturated rings. The zero-order chi connectivity index (χ0) is 14.8. The van der Waals surface area contributed by atoms with Gasteiger partial charge in [-0.15, -0.1) is 5.10 Å². The van der Waals surface area contributed by atoms with Gasteiger partial charge in [0.1, 0.15) is 5.75 Å². The Bertz CT molecular complexity index is 895. The number of rotatable bonds is 2. The quantitative estimate of drug-likeness (QED) is 0.570. The van der Waals surface area contributed by atoms with Crippen molar-refractivity contribution in [1.29, 1.82) is 0 Å². The lowest BCUT2D eigenvalue weighted by molar-refractivity contribution is 0.474. The summed E-state index contributed by atoms with van der Waals surface area (Å²) in [5.74, 6) is 0.124. The lowest BCUT2D eigenvalue weighted by atomic mass is 10.2. The summed E-state index contributed by atoms with van der Waals surface area (Å²) in [7, 11) is 1.95. The number of aromatic nitrogens is 1. The van der Waals surface area contributed by atoms with E-state index in [0.717, 1.165) is 15.0 Å². The van der Waals surface area contributed by atoms with Gasteiger partial charge in [-0.25, -0.2) is 0 Å². The number of aryl methyl sites for hydroxylation is 1. The molecule has 1 aromatic heterocycles. The monoisotopic (exact) mass is 317 g/mol. The molecule has 0 atom stereocenters. The van der Waals surface area contributed by atoms with E-state index >= 15 is 0 Å². The molecule has 3 aromatic rings. The van der Waals surface area contributed by atoms with Crippen LogP contribution >= 0.6 is 22.9 Å². The average molecular weight is 318 g/mol. The summed E-state index contributed by atoms with van der Waals surface area (Å²) < 4.78 is 3.13. The topological polar surface area (TPSA) is 49.9 Å². The van der Waals surface area contributed by atoms with Gasteiger partial charge in [0.2, 0.25) is 4.80 Å². The maximum absolute atomic E-state index is 9.71. The highest BCUT2D eigenvalue weighted by Crippen LogP contribution is 2.19. The number of fused-ring (bicyclic) bond motifs is 1. The molecular weight excluding hydrogens is 306 g/mol. The van der Waals surface area contributed by atoms with Crippen LogP contribution in [0.1, 0.15) is 5.56 Å². The summed E-state index contributed by atoms with van der Waals surface area (Å²) in [6.45, 7) is 0. The fourth-order valence-corrected chi connectivity index (χ4v) is 3.10. The molecule has 0 spiro atoms. The van der Waals surface area contributed by atoms with Gasteiger partial charge in [0, 0.05) is 17.6 Å². The number of phenolic OH excluding ortho intramolecular Hbond substituents is 1. The van der Waals surface area contributed by atoms with Crippen molar-refractivity contribution in [2.45, 2.75) is 0 Å².